The van der Waals surface area contributed by atoms with Crippen molar-refractivity contribution in [2.75, 3.05) is 27.7 Å². The summed E-state index contributed by atoms with van der Waals surface area (Å²) in [5.41, 5.74) is 1.67. The molecule has 2 heterocycles. The van der Waals surface area contributed by atoms with E-state index in [4.69, 9.17) is 4.52 Å². The van der Waals surface area contributed by atoms with Gasteiger partial charge in [-0.25, -0.2) is 4.79 Å². The van der Waals surface area contributed by atoms with E-state index in [9.17, 15) is 4.79 Å². The zero-order chi connectivity index (χ0) is 17.5. The molecule has 1 atom stereocenters. The van der Waals surface area contributed by atoms with Crippen LogP contribution >= 0.6 is 0 Å². The van der Waals surface area contributed by atoms with Crippen molar-refractivity contribution in [2.24, 2.45) is 0 Å². The molecule has 0 saturated carbocycles. The fraction of sp³-hybridized carbons (Fsp3) is 0.471. The minimum atomic E-state index is -0.128. The van der Waals surface area contributed by atoms with Gasteiger partial charge in [-0.3, -0.25) is 4.98 Å². The minimum Gasteiger partial charge on any atom is -0.359 e. The molecule has 0 spiro atoms. The largest absolute Gasteiger partial charge is 0.359 e. The van der Waals surface area contributed by atoms with Crippen LogP contribution in [-0.4, -0.2) is 59.7 Å². The summed E-state index contributed by atoms with van der Waals surface area (Å²) in [6, 6.07) is 5.77. The lowest BCUT2D eigenvalue weighted by atomic mass is 10.2. The van der Waals surface area contributed by atoms with Crippen molar-refractivity contribution in [1.29, 1.82) is 0 Å². The third-order valence-corrected chi connectivity index (χ3v) is 3.97. The lowest BCUT2D eigenvalue weighted by molar-refractivity contribution is 0.194. The number of pyridine rings is 1. The molecule has 0 aliphatic carbocycles. The molecule has 2 aromatic heterocycles. The third kappa shape index (κ3) is 4.79. The van der Waals surface area contributed by atoms with Crippen molar-refractivity contribution >= 4 is 6.03 Å². The minimum absolute atomic E-state index is 0.128. The summed E-state index contributed by atoms with van der Waals surface area (Å²) in [7, 11) is 5.76. The predicted octanol–water partition coefficient (Wildman–Crippen LogP) is 2.22. The van der Waals surface area contributed by atoms with E-state index in [1.54, 1.807) is 24.3 Å². The first kappa shape index (κ1) is 17.9. The number of urea groups is 1. The maximum Gasteiger partial charge on any atom is 0.317 e. The Morgan fingerprint density at radius 3 is 2.62 bits per heavy atom. The molecule has 1 N–H and O–H groups in total. The highest BCUT2D eigenvalue weighted by Gasteiger charge is 2.15. The summed E-state index contributed by atoms with van der Waals surface area (Å²) in [5, 5.41) is 6.99. The van der Waals surface area contributed by atoms with Gasteiger partial charge in [0.15, 0.2) is 5.76 Å². The van der Waals surface area contributed by atoms with Crippen LogP contribution in [0.15, 0.2) is 35.1 Å². The Labute approximate surface area is 142 Å². The van der Waals surface area contributed by atoms with Crippen LogP contribution in [0.4, 0.5) is 4.79 Å². The van der Waals surface area contributed by atoms with Crippen LogP contribution in [0.5, 0.6) is 0 Å². The van der Waals surface area contributed by atoms with Crippen molar-refractivity contribution in [3.63, 3.8) is 0 Å². The lowest BCUT2D eigenvalue weighted by Crippen LogP contribution is -2.44. The first-order chi connectivity index (χ1) is 11.5. The summed E-state index contributed by atoms with van der Waals surface area (Å²) in [4.78, 5) is 19.9. The van der Waals surface area contributed by atoms with Gasteiger partial charge in [0.1, 0.15) is 5.69 Å². The van der Waals surface area contributed by atoms with Crippen LogP contribution in [0, 0.1) is 0 Å². The number of likely N-dealkylation sites (N-methyl/N-ethyl adjacent to an activating group) is 1. The number of hydrogen-bond donors (Lipinski definition) is 1. The standard InChI is InChI=1S/C17H25N5O2/c1-5-14(21(2)3)11-19-17(23)22(4)12-15-10-16(20-24-15)13-6-8-18-9-7-13/h6-10,14H,5,11-12H2,1-4H3,(H,19,23). The van der Waals surface area contributed by atoms with Gasteiger partial charge in [0.2, 0.25) is 0 Å². The Morgan fingerprint density at radius 2 is 2.00 bits per heavy atom. The monoisotopic (exact) mass is 331 g/mol. The summed E-state index contributed by atoms with van der Waals surface area (Å²) in [6.45, 7) is 3.09. The Bertz CT molecular complexity index is 641. The van der Waals surface area contributed by atoms with Gasteiger partial charge in [0, 0.05) is 43.7 Å². The number of carbonyl (C=O) groups excluding carboxylic acids is 1. The second kappa shape index (κ2) is 8.44. The highest BCUT2D eigenvalue weighted by molar-refractivity contribution is 5.73. The molecule has 7 nitrogen and oxygen atoms in total. The van der Waals surface area contributed by atoms with Gasteiger partial charge < -0.3 is 19.6 Å². The Hall–Kier alpha value is -2.41. The van der Waals surface area contributed by atoms with E-state index < -0.39 is 0 Å². The number of carbonyl (C=O) groups is 1. The van der Waals surface area contributed by atoms with Crippen molar-refractivity contribution < 1.29 is 9.32 Å². The van der Waals surface area contributed by atoms with Crippen LogP contribution in [0.25, 0.3) is 11.3 Å². The first-order valence-corrected chi connectivity index (χ1v) is 8.02. The molecule has 2 aromatic rings. The molecular weight excluding hydrogens is 306 g/mol. The summed E-state index contributed by atoms with van der Waals surface area (Å²) < 4.78 is 5.32. The summed E-state index contributed by atoms with van der Waals surface area (Å²) in [5.74, 6) is 0.638. The van der Waals surface area contributed by atoms with Gasteiger partial charge in [0.05, 0.1) is 6.54 Å². The molecule has 0 aliphatic rings. The molecule has 0 aliphatic heterocycles. The fourth-order valence-electron chi connectivity index (χ4n) is 2.38. The van der Waals surface area contributed by atoms with Crippen molar-refractivity contribution in [3.05, 3.63) is 36.4 Å². The predicted molar refractivity (Wildman–Crippen MR) is 92.4 cm³/mol. The Kier molecular flexibility index (Phi) is 6.31. The quantitative estimate of drug-likeness (QED) is 0.842. The van der Waals surface area contributed by atoms with Crippen LogP contribution < -0.4 is 5.32 Å². The average molecular weight is 331 g/mol. The zero-order valence-corrected chi connectivity index (χ0v) is 14.7. The molecule has 1 unspecified atom stereocenters. The highest BCUT2D eigenvalue weighted by Crippen LogP contribution is 2.18. The van der Waals surface area contributed by atoms with Crippen LogP contribution in [0.1, 0.15) is 19.1 Å². The Morgan fingerprint density at radius 1 is 1.29 bits per heavy atom. The topological polar surface area (TPSA) is 74.5 Å². The van der Waals surface area contributed by atoms with E-state index in [-0.39, 0.29) is 6.03 Å². The van der Waals surface area contributed by atoms with Gasteiger partial charge in [-0.15, -0.1) is 0 Å². The number of aromatic nitrogens is 2. The van der Waals surface area contributed by atoms with Gasteiger partial charge >= 0.3 is 6.03 Å². The molecular formula is C17H25N5O2. The molecule has 2 amide bonds. The van der Waals surface area contributed by atoms with E-state index in [1.165, 1.54) is 0 Å². The van der Waals surface area contributed by atoms with E-state index in [2.05, 4.69) is 27.3 Å². The summed E-state index contributed by atoms with van der Waals surface area (Å²) >= 11 is 0. The highest BCUT2D eigenvalue weighted by atomic mass is 16.5. The Balaban J connectivity index is 1.89. The molecule has 0 aromatic carbocycles. The fourth-order valence-corrected chi connectivity index (χ4v) is 2.38. The number of nitrogens with one attached hydrogen (secondary N) is 1. The lowest BCUT2D eigenvalue weighted by Gasteiger charge is -2.24. The molecule has 24 heavy (non-hydrogen) atoms. The molecule has 0 fully saturated rings. The average Bonchev–Trinajstić information content (AvgIpc) is 3.04. The van der Waals surface area contributed by atoms with Gasteiger partial charge in [-0.05, 0) is 32.6 Å². The molecule has 0 bridgehead atoms. The maximum atomic E-state index is 12.2. The normalized spacial score (nSPS) is 12.2. The molecule has 0 saturated heterocycles. The van der Waals surface area contributed by atoms with E-state index in [0.29, 0.717) is 24.9 Å². The van der Waals surface area contributed by atoms with E-state index >= 15 is 0 Å². The van der Waals surface area contributed by atoms with E-state index in [1.807, 2.05) is 32.3 Å². The van der Waals surface area contributed by atoms with Crippen LogP contribution in [0.3, 0.4) is 0 Å². The SMILES string of the molecule is CCC(CNC(=O)N(C)Cc1cc(-c2ccncc2)no1)N(C)C. The molecule has 2 rings (SSSR count). The van der Waals surface area contributed by atoms with Gasteiger partial charge in [-0.1, -0.05) is 12.1 Å². The van der Waals surface area contributed by atoms with Crippen LogP contribution in [0.2, 0.25) is 0 Å². The maximum absolute atomic E-state index is 12.2. The van der Waals surface area contributed by atoms with Crippen molar-refractivity contribution in [3.8, 4) is 11.3 Å². The smallest absolute Gasteiger partial charge is 0.317 e. The van der Waals surface area contributed by atoms with Crippen molar-refractivity contribution in [2.45, 2.75) is 25.9 Å². The number of rotatable bonds is 7. The molecule has 0 radical (unpaired) electrons. The number of amides is 2. The van der Waals surface area contributed by atoms with Crippen molar-refractivity contribution in [1.82, 2.24) is 25.3 Å². The molecule has 130 valence electrons. The zero-order valence-electron chi connectivity index (χ0n) is 14.7. The number of hydrogen-bond acceptors (Lipinski definition) is 5. The summed E-state index contributed by atoms with van der Waals surface area (Å²) in [6.07, 6.45) is 4.39. The van der Waals surface area contributed by atoms with Gasteiger partial charge in [-0.2, -0.15) is 0 Å². The third-order valence-electron chi connectivity index (χ3n) is 3.97. The number of nitrogens with zero attached hydrogens (tertiary/aromatic N) is 4. The van der Waals surface area contributed by atoms with Gasteiger partial charge in [0.25, 0.3) is 0 Å². The first-order valence-electron chi connectivity index (χ1n) is 8.02. The second-order valence-electron chi connectivity index (χ2n) is 5.98. The second-order valence-corrected chi connectivity index (χ2v) is 5.98. The van der Waals surface area contributed by atoms with E-state index in [0.717, 1.165) is 17.7 Å². The molecule has 7 heteroatoms. The van der Waals surface area contributed by atoms with Crippen LogP contribution in [-0.2, 0) is 6.54 Å².